The second-order valence-corrected chi connectivity index (χ2v) is 7.29. The van der Waals surface area contributed by atoms with Crippen molar-refractivity contribution in [3.05, 3.63) is 0 Å². The van der Waals surface area contributed by atoms with E-state index in [0.29, 0.717) is 11.8 Å². The minimum absolute atomic E-state index is 0.0284. The maximum absolute atomic E-state index is 12.1. The number of nitrogens with one attached hydrogen (secondary N) is 2. The topological polar surface area (TPSA) is 78.4 Å². The summed E-state index contributed by atoms with van der Waals surface area (Å²) >= 11 is 0. The number of fused-ring (bicyclic) bond motifs is 2. The SMILES string of the molecule is CC(NC(=O)NC(CC(=O)O)C1CC1)C1CC2CCC1C2. The second-order valence-electron chi connectivity index (χ2n) is 7.29. The van der Waals surface area contributed by atoms with Gasteiger partial charge in [-0.15, -0.1) is 0 Å². The van der Waals surface area contributed by atoms with E-state index in [1.807, 2.05) is 0 Å². The molecule has 3 aliphatic carbocycles. The van der Waals surface area contributed by atoms with Gasteiger partial charge < -0.3 is 15.7 Å². The number of aliphatic carboxylic acids is 1. The van der Waals surface area contributed by atoms with E-state index < -0.39 is 5.97 Å². The van der Waals surface area contributed by atoms with Gasteiger partial charge in [0.2, 0.25) is 0 Å². The van der Waals surface area contributed by atoms with Gasteiger partial charge >= 0.3 is 12.0 Å². The first-order valence-electron chi connectivity index (χ1n) is 8.31. The van der Waals surface area contributed by atoms with Crippen LogP contribution in [0.5, 0.6) is 0 Å². The molecular weight excluding hydrogens is 268 g/mol. The highest BCUT2D eigenvalue weighted by atomic mass is 16.4. The van der Waals surface area contributed by atoms with E-state index in [4.69, 9.17) is 5.11 Å². The molecular formula is C16H26N2O3. The van der Waals surface area contributed by atoms with Gasteiger partial charge in [0.1, 0.15) is 0 Å². The van der Waals surface area contributed by atoms with Crippen LogP contribution in [0.2, 0.25) is 0 Å². The number of carbonyl (C=O) groups is 2. The summed E-state index contributed by atoms with van der Waals surface area (Å²) in [5.41, 5.74) is 0. The molecule has 5 unspecified atom stereocenters. The molecule has 3 N–H and O–H groups in total. The maximum atomic E-state index is 12.1. The molecule has 0 radical (unpaired) electrons. The van der Waals surface area contributed by atoms with Crippen molar-refractivity contribution in [2.24, 2.45) is 23.7 Å². The summed E-state index contributed by atoms with van der Waals surface area (Å²) in [5, 5.41) is 14.9. The third-order valence-electron chi connectivity index (χ3n) is 5.70. The van der Waals surface area contributed by atoms with E-state index in [1.54, 1.807) is 0 Å². The van der Waals surface area contributed by atoms with Gasteiger partial charge in [0.25, 0.3) is 0 Å². The van der Waals surface area contributed by atoms with E-state index in [1.165, 1.54) is 25.7 Å². The lowest BCUT2D eigenvalue weighted by Crippen LogP contribution is -2.49. The Morgan fingerprint density at radius 1 is 1.14 bits per heavy atom. The van der Waals surface area contributed by atoms with Gasteiger partial charge in [-0.2, -0.15) is 0 Å². The monoisotopic (exact) mass is 294 g/mol. The van der Waals surface area contributed by atoms with E-state index in [-0.39, 0.29) is 24.5 Å². The Labute approximate surface area is 125 Å². The quantitative estimate of drug-likeness (QED) is 0.703. The highest BCUT2D eigenvalue weighted by Gasteiger charge is 2.42. The first kappa shape index (κ1) is 14.7. The van der Waals surface area contributed by atoms with Gasteiger partial charge in [-0.05, 0) is 62.7 Å². The number of hydrogen-bond acceptors (Lipinski definition) is 2. The second kappa shape index (κ2) is 5.85. The van der Waals surface area contributed by atoms with Crippen LogP contribution in [-0.4, -0.2) is 29.2 Å². The van der Waals surface area contributed by atoms with Crippen LogP contribution in [0.1, 0.15) is 51.9 Å². The first-order chi connectivity index (χ1) is 10.0. The molecule has 3 aliphatic rings. The molecule has 2 amide bonds. The molecule has 5 heteroatoms. The average molecular weight is 294 g/mol. The fourth-order valence-corrected chi connectivity index (χ4v) is 4.45. The Bertz CT molecular complexity index is 422. The smallest absolute Gasteiger partial charge is 0.315 e. The normalized spacial score (nSPS) is 33.5. The number of amides is 2. The summed E-state index contributed by atoms with van der Waals surface area (Å²) in [6.45, 7) is 2.09. The highest BCUT2D eigenvalue weighted by Crippen LogP contribution is 2.49. The van der Waals surface area contributed by atoms with E-state index in [9.17, 15) is 9.59 Å². The minimum atomic E-state index is -0.839. The van der Waals surface area contributed by atoms with Gasteiger partial charge in [-0.1, -0.05) is 6.42 Å². The van der Waals surface area contributed by atoms with Crippen molar-refractivity contribution in [2.45, 2.75) is 64.0 Å². The maximum Gasteiger partial charge on any atom is 0.315 e. The first-order valence-corrected chi connectivity index (χ1v) is 8.31. The summed E-state index contributed by atoms with van der Waals surface area (Å²) in [6, 6.07) is -0.219. The van der Waals surface area contributed by atoms with Crippen LogP contribution in [-0.2, 0) is 4.79 Å². The molecule has 5 nitrogen and oxygen atoms in total. The third-order valence-corrected chi connectivity index (χ3v) is 5.70. The van der Waals surface area contributed by atoms with Crippen molar-refractivity contribution in [2.75, 3.05) is 0 Å². The zero-order chi connectivity index (χ0) is 15.0. The Morgan fingerprint density at radius 3 is 2.43 bits per heavy atom. The number of rotatable bonds is 6. The zero-order valence-electron chi connectivity index (χ0n) is 12.7. The van der Waals surface area contributed by atoms with Crippen LogP contribution >= 0.6 is 0 Å². The summed E-state index contributed by atoms with van der Waals surface area (Å²) < 4.78 is 0. The lowest BCUT2D eigenvalue weighted by molar-refractivity contribution is -0.137. The van der Waals surface area contributed by atoms with Crippen LogP contribution in [0.15, 0.2) is 0 Å². The molecule has 0 spiro atoms. The summed E-state index contributed by atoms with van der Waals surface area (Å²) in [6.07, 6.45) is 7.34. The lowest BCUT2D eigenvalue weighted by Gasteiger charge is -2.29. The van der Waals surface area contributed by atoms with Crippen molar-refractivity contribution < 1.29 is 14.7 Å². The number of urea groups is 1. The standard InChI is InChI=1S/C16H26N2O3/c1-9(13-7-10-2-3-12(13)6-10)17-16(21)18-14(8-15(19)20)11-4-5-11/h9-14H,2-8H2,1H3,(H,19,20)(H2,17,18,21). The number of hydrogen-bond donors (Lipinski definition) is 3. The van der Waals surface area contributed by atoms with Gasteiger partial charge in [0.05, 0.1) is 6.42 Å². The van der Waals surface area contributed by atoms with Gasteiger partial charge in [-0.3, -0.25) is 4.79 Å². The number of carboxylic acid groups (broad SMARTS) is 1. The van der Waals surface area contributed by atoms with Crippen LogP contribution in [0, 0.1) is 23.7 Å². The Hall–Kier alpha value is -1.26. The number of carbonyl (C=O) groups excluding carboxylic acids is 1. The fourth-order valence-electron chi connectivity index (χ4n) is 4.45. The Kier molecular flexibility index (Phi) is 4.09. The summed E-state index contributed by atoms with van der Waals surface area (Å²) in [5.74, 6) is 1.77. The largest absolute Gasteiger partial charge is 0.481 e. The van der Waals surface area contributed by atoms with Gasteiger partial charge in [0, 0.05) is 12.1 Å². The van der Waals surface area contributed by atoms with Crippen molar-refractivity contribution in [3.63, 3.8) is 0 Å². The van der Waals surface area contributed by atoms with E-state index >= 15 is 0 Å². The fraction of sp³-hybridized carbons (Fsp3) is 0.875. The van der Waals surface area contributed by atoms with Crippen molar-refractivity contribution >= 4 is 12.0 Å². The minimum Gasteiger partial charge on any atom is -0.481 e. The van der Waals surface area contributed by atoms with Crippen LogP contribution in [0.3, 0.4) is 0 Å². The van der Waals surface area contributed by atoms with Gasteiger partial charge in [-0.25, -0.2) is 4.79 Å². The Balaban J connectivity index is 1.47. The van der Waals surface area contributed by atoms with Crippen molar-refractivity contribution in [1.29, 1.82) is 0 Å². The van der Waals surface area contributed by atoms with E-state index in [0.717, 1.165) is 24.7 Å². The molecule has 0 heterocycles. The van der Waals surface area contributed by atoms with Crippen LogP contribution in [0.4, 0.5) is 4.79 Å². The molecule has 2 bridgehead atoms. The molecule has 3 rings (SSSR count). The molecule has 0 saturated heterocycles. The average Bonchev–Trinajstić information content (AvgIpc) is 3.05. The molecule has 0 aliphatic heterocycles. The Morgan fingerprint density at radius 2 is 1.90 bits per heavy atom. The summed E-state index contributed by atoms with van der Waals surface area (Å²) in [7, 11) is 0. The van der Waals surface area contributed by atoms with E-state index in [2.05, 4.69) is 17.6 Å². The lowest BCUT2D eigenvalue weighted by atomic mass is 9.84. The molecule has 5 atom stereocenters. The van der Waals surface area contributed by atoms with Gasteiger partial charge in [0.15, 0.2) is 0 Å². The van der Waals surface area contributed by atoms with Crippen LogP contribution < -0.4 is 10.6 Å². The third kappa shape index (κ3) is 3.50. The van der Waals surface area contributed by atoms with Crippen molar-refractivity contribution in [1.82, 2.24) is 10.6 Å². The molecule has 118 valence electrons. The predicted molar refractivity (Wildman–Crippen MR) is 78.8 cm³/mol. The molecule has 3 saturated carbocycles. The molecule has 3 fully saturated rings. The predicted octanol–water partition coefficient (Wildman–Crippen LogP) is 2.36. The molecule has 0 aromatic carbocycles. The number of carboxylic acids is 1. The highest BCUT2D eigenvalue weighted by molar-refractivity contribution is 5.76. The molecule has 0 aromatic heterocycles. The summed E-state index contributed by atoms with van der Waals surface area (Å²) in [4.78, 5) is 23.0. The molecule has 21 heavy (non-hydrogen) atoms. The molecule has 0 aromatic rings. The van der Waals surface area contributed by atoms with Crippen molar-refractivity contribution in [3.8, 4) is 0 Å². The van der Waals surface area contributed by atoms with Crippen LogP contribution in [0.25, 0.3) is 0 Å². The zero-order valence-corrected chi connectivity index (χ0v) is 12.7.